The molecule has 1 aliphatic rings. The minimum Gasteiger partial charge on any atom is -0.322 e. The Kier molecular flexibility index (Phi) is 6.20. The molecule has 1 saturated heterocycles. The number of aryl methyl sites for hydroxylation is 1. The fraction of sp³-hybridized carbons (Fsp3) is 0.500. The van der Waals surface area contributed by atoms with E-state index >= 15 is 0 Å². The van der Waals surface area contributed by atoms with Crippen LogP contribution in [0.4, 0.5) is 5.69 Å². The molecular weight excluding hydrogens is 376 g/mol. The predicted octanol–water partition coefficient (Wildman–Crippen LogP) is 2.33. The Morgan fingerprint density at radius 3 is 2.61 bits per heavy atom. The molecule has 0 saturated carbocycles. The first kappa shape index (κ1) is 20.5. The van der Waals surface area contributed by atoms with Crippen molar-refractivity contribution in [2.24, 2.45) is 0 Å². The summed E-state index contributed by atoms with van der Waals surface area (Å²) in [6.07, 6.45) is 1.47. The molecule has 7 nitrogen and oxygen atoms in total. The van der Waals surface area contributed by atoms with Crippen molar-refractivity contribution in [2.75, 3.05) is 29.9 Å². The quantitative estimate of drug-likeness (QED) is 0.766. The van der Waals surface area contributed by atoms with E-state index in [4.69, 9.17) is 0 Å². The van der Waals surface area contributed by atoms with E-state index in [2.05, 4.69) is 10.4 Å². The van der Waals surface area contributed by atoms with Gasteiger partial charge in [-0.15, -0.1) is 0 Å². The molecule has 2 aromatic rings. The monoisotopic (exact) mass is 404 g/mol. The third-order valence-electron chi connectivity index (χ3n) is 5.14. The fourth-order valence-corrected chi connectivity index (χ4v) is 5.51. The molecule has 1 aliphatic heterocycles. The van der Waals surface area contributed by atoms with Gasteiger partial charge >= 0.3 is 0 Å². The summed E-state index contributed by atoms with van der Waals surface area (Å²) in [5, 5.41) is 7.54. The van der Waals surface area contributed by atoms with Crippen molar-refractivity contribution < 1.29 is 13.2 Å². The number of hydrogen-bond donors (Lipinski definition) is 1. The molecule has 28 heavy (non-hydrogen) atoms. The molecule has 1 unspecified atom stereocenters. The Bertz CT molecular complexity index is 938. The summed E-state index contributed by atoms with van der Waals surface area (Å²) in [6, 6.07) is 9.70. The lowest BCUT2D eigenvalue weighted by Crippen LogP contribution is -2.42. The maximum absolute atomic E-state index is 12.7. The number of anilines is 1. The van der Waals surface area contributed by atoms with Crippen LogP contribution >= 0.6 is 0 Å². The summed E-state index contributed by atoms with van der Waals surface area (Å²) in [7, 11) is -2.98. The second-order valence-corrected chi connectivity index (χ2v) is 9.60. The van der Waals surface area contributed by atoms with Gasteiger partial charge in [-0.2, -0.15) is 5.10 Å². The first-order valence-corrected chi connectivity index (χ1v) is 11.5. The van der Waals surface area contributed by atoms with Crippen LogP contribution in [0.3, 0.4) is 0 Å². The number of hydrogen-bond acceptors (Lipinski definition) is 5. The van der Waals surface area contributed by atoms with Crippen molar-refractivity contribution in [1.29, 1.82) is 0 Å². The van der Waals surface area contributed by atoms with E-state index in [1.165, 1.54) is 0 Å². The minimum atomic E-state index is -2.98. The molecule has 1 fully saturated rings. The molecule has 1 amide bonds. The predicted molar refractivity (Wildman–Crippen MR) is 111 cm³/mol. The lowest BCUT2D eigenvalue weighted by molar-refractivity contribution is -0.117. The zero-order valence-corrected chi connectivity index (χ0v) is 17.5. The molecule has 152 valence electrons. The number of carbonyl (C=O) groups excluding carboxylic acids is 1. The van der Waals surface area contributed by atoms with Crippen LogP contribution in [-0.4, -0.2) is 59.6 Å². The number of nitrogens with one attached hydrogen (secondary N) is 1. The normalized spacial score (nSPS) is 18.5. The molecule has 1 aromatic carbocycles. The highest BCUT2D eigenvalue weighted by atomic mass is 32.2. The number of amides is 1. The van der Waals surface area contributed by atoms with Gasteiger partial charge in [0.05, 0.1) is 40.8 Å². The topological polar surface area (TPSA) is 84.3 Å². The third-order valence-corrected chi connectivity index (χ3v) is 6.89. The molecule has 0 bridgehead atoms. The minimum absolute atomic E-state index is 0.0788. The summed E-state index contributed by atoms with van der Waals surface area (Å²) < 4.78 is 25.4. The van der Waals surface area contributed by atoms with Gasteiger partial charge in [0.25, 0.3) is 0 Å². The lowest BCUT2D eigenvalue weighted by atomic mass is 10.2. The van der Waals surface area contributed by atoms with Gasteiger partial charge in [-0.1, -0.05) is 25.1 Å². The molecule has 2 heterocycles. The van der Waals surface area contributed by atoms with Crippen molar-refractivity contribution in [3.8, 4) is 5.69 Å². The van der Waals surface area contributed by atoms with Gasteiger partial charge < -0.3 is 5.32 Å². The van der Waals surface area contributed by atoms with Crippen LogP contribution in [0.5, 0.6) is 0 Å². The van der Waals surface area contributed by atoms with Crippen LogP contribution in [0, 0.1) is 13.8 Å². The highest BCUT2D eigenvalue weighted by molar-refractivity contribution is 7.91. The average molecular weight is 405 g/mol. The van der Waals surface area contributed by atoms with Gasteiger partial charge in [-0.3, -0.25) is 9.69 Å². The Labute approximate surface area is 166 Å². The number of benzene rings is 1. The van der Waals surface area contributed by atoms with Crippen molar-refractivity contribution in [3.63, 3.8) is 0 Å². The highest BCUT2D eigenvalue weighted by Crippen LogP contribution is 2.23. The third kappa shape index (κ3) is 4.62. The van der Waals surface area contributed by atoms with Gasteiger partial charge in [0.2, 0.25) is 5.91 Å². The SMILES string of the molecule is CCCN(CC(=O)Nc1c(C)nn(-c2ccccc2)c1C)C1CCS(=O)(=O)C1. The summed E-state index contributed by atoms with van der Waals surface area (Å²) in [4.78, 5) is 14.7. The van der Waals surface area contributed by atoms with E-state index < -0.39 is 9.84 Å². The standard InChI is InChI=1S/C20H28N4O3S/c1-4-11-23(18-10-12-28(26,27)14-18)13-19(25)21-20-15(2)22-24(16(20)3)17-8-6-5-7-9-17/h5-9,18H,4,10-14H2,1-3H3,(H,21,25). The molecule has 0 spiro atoms. The molecule has 8 heteroatoms. The summed E-state index contributed by atoms with van der Waals surface area (Å²) in [6.45, 7) is 6.72. The van der Waals surface area contributed by atoms with Gasteiger partial charge in [0.1, 0.15) is 0 Å². The van der Waals surface area contributed by atoms with Crippen LogP contribution in [-0.2, 0) is 14.6 Å². The number of para-hydroxylation sites is 1. The second-order valence-electron chi connectivity index (χ2n) is 7.37. The first-order valence-electron chi connectivity index (χ1n) is 9.66. The lowest BCUT2D eigenvalue weighted by Gasteiger charge is -2.26. The van der Waals surface area contributed by atoms with Crippen LogP contribution < -0.4 is 5.32 Å². The number of carbonyl (C=O) groups is 1. The maximum atomic E-state index is 12.7. The van der Waals surface area contributed by atoms with Gasteiger partial charge in [0, 0.05) is 6.04 Å². The maximum Gasteiger partial charge on any atom is 0.238 e. The molecule has 0 radical (unpaired) electrons. The first-order chi connectivity index (χ1) is 13.3. The van der Waals surface area contributed by atoms with Crippen LogP contribution in [0.15, 0.2) is 30.3 Å². The number of nitrogens with zero attached hydrogens (tertiary/aromatic N) is 3. The molecular formula is C20H28N4O3S. The molecule has 0 aliphatic carbocycles. The Morgan fingerprint density at radius 1 is 1.29 bits per heavy atom. The van der Waals surface area contributed by atoms with E-state index in [1.54, 1.807) is 0 Å². The van der Waals surface area contributed by atoms with E-state index in [9.17, 15) is 13.2 Å². The molecule has 1 N–H and O–H groups in total. The Hall–Kier alpha value is -2.19. The van der Waals surface area contributed by atoms with Crippen molar-refractivity contribution in [1.82, 2.24) is 14.7 Å². The fourth-order valence-electron chi connectivity index (χ4n) is 3.75. The van der Waals surface area contributed by atoms with E-state index in [1.807, 2.05) is 60.7 Å². The van der Waals surface area contributed by atoms with Gasteiger partial charge in [-0.25, -0.2) is 13.1 Å². The van der Waals surface area contributed by atoms with E-state index in [0.717, 1.165) is 23.5 Å². The molecule has 3 rings (SSSR count). The van der Waals surface area contributed by atoms with Crippen LogP contribution in [0.1, 0.15) is 31.2 Å². The zero-order chi connectivity index (χ0) is 20.3. The zero-order valence-electron chi connectivity index (χ0n) is 16.7. The smallest absolute Gasteiger partial charge is 0.238 e. The number of aromatic nitrogens is 2. The van der Waals surface area contributed by atoms with Crippen molar-refractivity contribution in [2.45, 2.75) is 39.7 Å². The Morgan fingerprint density at radius 2 is 2.00 bits per heavy atom. The van der Waals surface area contributed by atoms with Crippen molar-refractivity contribution in [3.05, 3.63) is 41.7 Å². The summed E-state index contributed by atoms with van der Waals surface area (Å²) >= 11 is 0. The average Bonchev–Trinajstić information content (AvgIpc) is 3.16. The Balaban J connectivity index is 1.73. The summed E-state index contributed by atoms with van der Waals surface area (Å²) in [5.74, 6) is 0.211. The molecule has 1 aromatic heterocycles. The van der Waals surface area contributed by atoms with Crippen molar-refractivity contribution >= 4 is 21.4 Å². The summed E-state index contributed by atoms with van der Waals surface area (Å²) in [5.41, 5.74) is 3.26. The number of rotatable bonds is 7. The van der Waals surface area contributed by atoms with Crippen LogP contribution in [0.2, 0.25) is 0 Å². The molecule has 1 atom stereocenters. The van der Waals surface area contributed by atoms with Gasteiger partial charge in [0.15, 0.2) is 9.84 Å². The highest BCUT2D eigenvalue weighted by Gasteiger charge is 2.32. The van der Waals surface area contributed by atoms with E-state index in [-0.39, 0.29) is 30.0 Å². The van der Waals surface area contributed by atoms with Crippen LogP contribution in [0.25, 0.3) is 5.69 Å². The van der Waals surface area contributed by atoms with Gasteiger partial charge in [-0.05, 0) is 45.4 Å². The number of sulfone groups is 1. The van der Waals surface area contributed by atoms with E-state index in [0.29, 0.717) is 18.7 Å². The largest absolute Gasteiger partial charge is 0.322 e. The second kappa shape index (κ2) is 8.45.